The Morgan fingerprint density at radius 1 is 1.45 bits per heavy atom. The van der Waals surface area contributed by atoms with E-state index in [0.717, 1.165) is 5.56 Å². The first-order chi connectivity index (χ1) is 9.50. The predicted molar refractivity (Wildman–Crippen MR) is 75.2 cm³/mol. The van der Waals surface area contributed by atoms with Crippen molar-refractivity contribution in [2.24, 2.45) is 0 Å². The number of nitrogens with one attached hydrogen (secondary N) is 1. The lowest BCUT2D eigenvalue weighted by atomic mass is 10.2. The van der Waals surface area contributed by atoms with Crippen molar-refractivity contribution in [1.82, 2.24) is 15.2 Å². The number of carbonyl (C=O) groups excluding carboxylic acids is 1. The van der Waals surface area contributed by atoms with E-state index in [4.69, 9.17) is 5.11 Å². The number of carbonyl (C=O) groups is 2. The molecule has 2 amide bonds. The molecule has 1 heterocycles. The van der Waals surface area contributed by atoms with Crippen molar-refractivity contribution < 1.29 is 14.7 Å². The lowest BCUT2D eigenvalue weighted by molar-refractivity contribution is -0.137. The Bertz CT molecular complexity index is 435. The average molecular weight is 279 g/mol. The van der Waals surface area contributed by atoms with Crippen LogP contribution in [0.3, 0.4) is 0 Å². The first-order valence-electron chi connectivity index (χ1n) is 6.66. The summed E-state index contributed by atoms with van der Waals surface area (Å²) in [5, 5.41) is 11.4. The van der Waals surface area contributed by atoms with Gasteiger partial charge in [0.1, 0.15) is 0 Å². The first kappa shape index (κ1) is 15.9. The summed E-state index contributed by atoms with van der Waals surface area (Å²) in [6, 6.07) is 3.54. The summed E-state index contributed by atoms with van der Waals surface area (Å²) in [4.78, 5) is 28.2. The van der Waals surface area contributed by atoms with Crippen LogP contribution in [0.25, 0.3) is 0 Å². The Kier molecular flexibility index (Phi) is 6.49. The molecule has 0 atom stereocenters. The first-order valence-corrected chi connectivity index (χ1v) is 6.66. The molecule has 6 heteroatoms. The summed E-state index contributed by atoms with van der Waals surface area (Å²) >= 11 is 0. The highest BCUT2D eigenvalue weighted by molar-refractivity contribution is 5.74. The van der Waals surface area contributed by atoms with Gasteiger partial charge < -0.3 is 15.3 Å². The van der Waals surface area contributed by atoms with Crippen LogP contribution in [0.2, 0.25) is 0 Å². The van der Waals surface area contributed by atoms with Gasteiger partial charge >= 0.3 is 12.0 Å². The summed E-state index contributed by atoms with van der Waals surface area (Å²) in [6.45, 7) is 4.66. The zero-order chi connectivity index (χ0) is 15.0. The fraction of sp³-hybridized carbons (Fsp3) is 0.500. The molecule has 0 aromatic carbocycles. The summed E-state index contributed by atoms with van der Waals surface area (Å²) < 4.78 is 0. The fourth-order valence-corrected chi connectivity index (χ4v) is 1.78. The van der Waals surface area contributed by atoms with E-state index in [1.807, 2.05) is 26.0 Å². The van der Waals surface area contributed by atoms with Gasteiger partial charge in [-0.05, 0) is 31.9 Å². The van der Waals surface area contributed by atoms with Crippen LogP contribution in [0.4, 0.5) is 4.79 Å². The predicted octanol–water partition coefficient (Wildman–Crippen LogP) is 1.87. The molecular weight excluding hydrogens is 258 g/mol. The second-order valence-corrected chi connectivity index (χ2v) is 4.80. The molecule has 1 rings (SSSR count). The molecular formula is C14H21N3O3. The largest absolute Gasteiger partial charge is 0.481 e. The second-order valence-electron chi connectivity index (χ2n) is 4.80. The van der Waals surface area contributed by atoms with Gasteiger partial charge in [0.2, 0.25) is 0 Å². The van der Waals surface area contributed by atoms with Crippen LogP contribution in [0.1, 0.15) is 32.3 Å². The Labute approximate surface area is 118 Å². The van der Waals surface area contributed by atoms with E-state index in [2.05, 4.69) is 10.3 Å². The van der Waals surface area contributed by atoms with Crippen LogP contribution in [0, 0.1) is 0 Å². The van der Waals surface area contributed by atoms with Gasteiger partial charge in [-0.25, -0.2) is 4.79 Å². The monoisotopic (exact) mass is 279 g/mol. The zero-order valence-corrected chi connectivity index (χ0v) is 11.9. The third-order valence-electron chi connectivity index (χ3n) is 2.84. The minimum Gasteiger partial charge on any atom is -0.481 e. The standard InChI is InChI=1S/C14H21N3O3/c1-11(2)17(8-4-6-13(18)19)14(20)16-10-12-5-3-7-15-9-12/h3,5,7,9,11H,4,6,8,10H2,1-2H3,(H,16,20)(H,18,19). The number of carboxylic acids is 1. The van der Waals surface area contributed by atoms with Gasteiger partial charge in [-0.1, -0.05) is 6.07 Å². The maximum Gasteiger partial charge on any atom is 0.317 e. The summed E-state index contributed by atoms with van der Waals surface area (Å²) in [7, 11) is 0. The molecule has 0 saturated carbocycles. The minimum atomic E-state index is -0.843. The van der Waals surface area contributed by atoms with Gasteiger partial charge in [0.25, 0.3) is 0 Å². The van der Waals surface area contributed by atoms with Crippen molar-refractivity contribution >= 4 is 12.0 Å². The highest BCUT2D eigenvalue weighted by atomic mass is 16.4. The van der Waals surface area contributed by atoms with E-state index in [0.29, 0.717) is 19.5 Å². The van der Waals surface area contributed by atoms with E-state index >= 15 is 0 Å². The van der Waals surface area contributed by atoms with Crippen LogP contribution in [-0.2, 0) is 11.3 Å². The number of hydrogen-bond acceptors (Lipinski definition) is 3. The molecule has 0 bridgehead atoms. The average Bonchev–Trinajstić information content (AvgIpc) is 2.41. The van der Waals surface area contributed by atoms with E-state index in [9.17, 15) is 9.59 Å². The maximum absolute atomic E-state index is 12.1. The van der Waals surface area contributed by atoms with Gasteiger partial charge in [-0.2, -0.15) is 0 Å². The van der Waals surface area contributed by atoms with E-state index < -0.39 is 5.97 Å². The summed E-state index contributed by atoms with van der Waals surface area (Å²) in [5.41, 5.74) is 0.926. The molecule has 0 aliphatic rings. The molecule has 0 fully saturated rings. The Balaban J connectivity index is 2.45. The van der Waals surface area contributed by atoms with Crippen LogP contribution >= 0.6 is 0 Å². The van der Waals surface area contributed by atoms with Gasteiger partial charge in [-0.15, -0.1) is 0 Å². The number of carboxylic acid groups (broad SMARTS) is 1. The smallest absolute Gasteiger partial charge is 0.317 e. The lowest BCUT2D eigenvalue weighted by Gasteiger charge is -2.26. The van der Waals surface area contributed by atoms with Gasteiger partial charge in [0.15, 0.2) is 0 Å². The minimum absolute atomic E-state index is 0.0256. The molecule has 1 aromatic heterocycles. The molecule has 0 radical (unpaired) electrons. The van der Waals surface area contributed by atoms with Gasteiger partial charge in [0.05, 0.1) is 0 Å². The zero-order valence-electron chi connectivity index (χ0n) is 11.9. The molecule has 110 valence electrons. The van der Waals surface area contributed by atoms with E-state index in [1.54, 1.807) is 17.3 Å². The normalized spacial score (nSPS) is 10.3. The second kappa shape index (κ2) is 8.14. The SMILES string of the molecule is CC(C)N(CCCC(=O)O)C(=O)NCc1cccnc1. The molecule has 20 heavy (non-hydrogen) atoms. The lowest BCUT2D eigenvalue weighted by Crippen LogP contribution is -2.44. The quantitative estimate of drug-likeness (QED) is 0.798. The molecule has 0 saturated heterocycles. The number of aliphatic carboxylic acids is 1. The topological polar surface area (TPSA) is 82.5 Å². The third kappa shape index (κ3) is 5.69. The highest BCUT2D eigenvalue weighted by Gasteiger charge is 2.16. The number of rotatable bonds is 7. The fourth-order valence-electron chi connectivity index (χ4n) is 1.78. The molecule has 0 unspecified atom stereocenters. The van der Waals surface area contributed by atoms with Gasteiger partial charge in [-0.3, -0.25) is 9.78 Å². The van der Waals surface area contributed by atoms with E-state index in [1.165, 1.54) is 0 Å². The van der Waals surface area contributed by atoms with Crippen molar-refractivity contribution in [3.05, 3.63) is 30.1 Å². The number of pyridine rings is 1. The van der Waals surface area contributed by atoms with Crippen molar-refractivity contribution in [3.63, 3.8) is 0 Å². The Hall–Kier alpha value is -2.11. The van der Waals surface area contributed by atoms with Crippen molar-refractivity contribution in [3.8, 4) is 0 Å². The van der Waals surface area contributed by atoms with Crippen LogP contribution in [0.5, 0.6) is 0 Å². The van der Waals surface area contributed by atoms with Crippen molar-refractivity contribution in [2.45, 2.75) is 39.3 Å². The summed E-state index contributed by atoms with van der Waals surface area (Å²) in [6.07, 6.45) is 3.90. The van der Waals surface area contributed by atoms with Gasteiger partial charge in [0, 0.05) is 37.9 Å². The molecule has 1 aromatic rings. The van der Waals surface area contributed by atoms with Crippen LogP contribution in [0.15, 0.2) is 24.5 Å². The van der Waals surface area contributed by atoms with Crippen molar-refractivity contribution in [1.29, 1.82) is 0 Å². The van der Waals surface area contributed by atoms with E-state index in [-0.39, 0.29) is 18.5 Å². The third-order valence-corrected chi connectivity index (χ3v) is 2.84. The summed E-state index contributed by atoms with van der Waals surface area (Å²) in [5.74, 6) is -0.843. The van der Waals surface area contributed by atoms with Crippen molar-refractivity contribution in [2.75, 3.05) is 6.54 Å². The van der Waals surface area contributed by atoms with Crippen LogP contribution in [-0.4, -0.2) is 39.6 Å². The Morgan fingerprint density at radius 2 is 2.20 bits per heavy atom. The number of urea groups is 1. The molecule has 2 N–H and O–H groups in total. The number of hydrogen-bond donors (Lipinski definition) is 2. The molecule has 6 nitrogen and oxygen atoms in total. The molecule has 0 aliphatic carbocycles. The Morgan fingerprint density at radius 3 is 2.75 bits per heavy atom. The number of nitrogens with zero attached hydrogens (tertiary/aromatic N) is 2. The van der Waals surface area contributed by atoms with Crippen LogP contribution < -0.4 is 5.32 Å². The molecule has 0 spiro atoms. The highest BCUT2D eigenvalue weighted by Crippen LogP contribution is 2.03. The molecule has 0 aliphatic heterocycles. The maximum atomic E-state index is 12.1. The number of amides is 2. The number of aromatic nitrogens is 1.